The van der Waals surface area contributed by atoms with Crippen LogP contribution in [-0.4, -0.2) is 55.5 Å². The summed E-state index contributed by atoms with van der Waals surface area (Å²) in [5, 5.41) is 51.0. The Kier molecular flexibility index (Phi) is 10.5. The van der Waals surface area contributed by atoms with Crippen LogP contribution in [0.25, 0.3) is 0 Å². The number of hydrogen-bond acceptors (Lipinski definition) is 5. The number of aliphatic hydroxyl groups is 5. The Labute approximate surface area is 226 Å². The van der Waals surface area contributed by atoms with Crippen molar-refractivity contribution in [2.75, 3.05) is 6.61 Å². The molecule has 0 amide bonds. The Bertz CT molecular complexity index is 776. The Morgan fingerprint density at radius 3 is 2.24 bits per heavy atom. The second-order valence-corrected chi connectivity index (χ2v) is 14.2. The first-order chi connectivity index (χ1) is 17.2. The van der Waals surface area contributed by atoms with E-state index < -0.39 is 23.4 Å². The van der Waals surface area contributed by atoms with Gasteiger partial charge in [0.1, 0.15) is 0 Å². The van der Waals surface area contributed by atoms with Crippen LogP contribution in [0.1, 0.15) is 118 Å². The van der Waals surface area contributed by atoms with Crippen molar-refractivity contribution in [2.24, 2.45) is 29.1 Å². The highest BCUT2D eigenvalue weighted by Crippen LogP contribution is 2.60. The van der Waals surface area contributed by atoms with Crippen molar-refractivity contribution in [2.45, 2.75) is 141 Å². The van der Waals surface area contributed by atoms with Crippen LogP contribution in [0, 0.1) is 29.1 Å². The second-order valence-electron chi connectivity index (χ2n) is 14.2. The first-order valence-corrected chi connectivity index (χ1v) is 15.0. The predicted molar refractivity (Wildman–Crippen MR) is 150 cm³/mol. The van der Waals surface area contributed by atoms with Gasteiger partial charge >= 0.3 is 0 Å². The summed E-state index contributed by atoms with van der Waals surface area (Å²) in [4.78, 5) is 0. The SMILES string of the molecule is CC(C)(O)CCCC(CC[C@@H](CO)C(C)(C)O)[C@H]1CC[C@H]2/C(=C/C=C3CC(O)C[C@H](O)C3)CCC[C@]12C. The monoisotopic (exact) mass is 520 g/mol. The molecular weight excluding hydrogens is 464 g/mol. The van der Waals surface area contributed by atoms with E-state index in [4.69, 9.17) is 0 Å². The Morgan fingerprint density at radius 1 is 0.973 bits per heavy atom. The van der Waals surface area contributed by atoms with E-state index in [0.29, 0.717) is 37.0 Å². The summed E-state index contributed by atoms with van der Waals surface area (Å²) in [6.07, 6.45) is 16.2. The maximum atomic E-state index is 10.6. The van der Waals surface area contributed by atoms with Crippen LogP contribution in [0.4, 0.5) is 0 Å². The number of rotatable bonds is 11. The van der Waals surface area contributed by atoms with Gasteiger partial charge < -0.3 is 25.5 Å². The zero-order valence-electron chi connectivity index (χ0n) is 24.3. The zero-order valence-corrected chi connectivity index (χ0v) is 24.3. The smallest absolute Gasteiger partial charge is 0.0641 e. The molecule has 7 atom stereocenters. The summed E-state index contributed by atoms with van der Waals surface area (Å²) in [6, 6.07) is 0. The van der Waals surface area contributed by atoms with Gasteiger partial charge in [0, 0.05) is 12.5 Å². The summed E-state index contributed by atoms with van der Waals surface area (Å²) >= 11 is 0. The van der Waals surface area contributed by atoms with Crippen LogP contribution in [0.2, 0.25) is 0 Å². The molecule has 3 aliphatic rings. The van der Waals surface area contributed by atoms with Crippen molar-refractivity contribution in [1.82, 2.24) is 0 Å². The minimum Gasteiger partial charge on any atom is -0.396 e. The van der Waals surface area contributed by atoms with E-state index >= 15 is 0 Å². The van der Waals surface area contributed by atoms with Crippen LogP contribution < -0.4 is 0 Å². The molecule has 5 heteroatoms. The fraction of sp³-hybridized carbons (Fsp3) is 0.875. The van der Waals surface area contributed by atoms with E-state index in [9.17, 15) is 25.5 Å². The molecule has 0 aromatic heterocycles. The van der Waals surface area contributed by atoms with Gasteiger partial charge in [-0.2, -0.15) is 0 Å². The van der Waals surface area contributed by atoms with E-state index in [0.717, 1.165) is 44.1 Å². The van der Waals surface area contributed by atoms with E-state index in [1.807, 2.05) is 13.8 Å². The molecule has 0 bridgehead atoms. The molecule has 0 aromatic carbocycles. The van der Waals surface area contributed by atoms with Gasteiger partial charge in [-0.1, -0.05) is 43.1 Å². The third-order valence-corrected chi connectivity index (χ3v) is 10.1. The van der Waals surface area contributed by atoms with Crippen LogP contribution in [0.15, 0.2) is 23.3 Å². The Morgan fingerprint density at radius 2 is 1.65 bits per heavy atom. The highest BCUT2D eigenvalue weighted by atomic mass is 16.3. The normalized spacial score (nSPS) is 35.1. The average molecular weight is 521 g/mol. The third kappa shape index (κ3) is 8.38. The third-order valence-electron chi connectivity index (χ3n) is 10.1. The highest BCUT2D eigenvalue weighted by molar-refractivity contribution is 5.26. The van der Waals surface area contributed by atoms with Crippen LogP contribution >= 0.6 is 0 Å². The van der Waals surface area contributed by atoms with Gasteiger partial charge in [-0.05, 0) is 121 Å². The van der Waals surface area contributed by atoms with Gasteiger partial charge in [0.15, 0.2) is 0 Å². The number of aliphatic hydroxyl groups excluding tert-OH is 3. The minimum absolute atomic E-state index is 0.00932. The lowest BCUT2D eigenvalue weighted by Crippen LogP contribution is -2.38. The molecule has 5 nitrogen and oxygen atoms in total. The highest BCUT2D eigenvalue weighted by Gasteiger charge is 2.51. The number of allylic oxidation sites excluding steroid dienone is 3. The van der Waals surface area contributed by atoms with Crippen molar-refractivity contribution in [3.63, 3.8) is 0 Å². The molecule has 0 heterocycles. The summed E-state index contributed by atoms with van der Waals surface area (Å²) in [6.45, 7) is 9.91. The molecule has 3 rings (SSSR count). The minimum atomic E-state index is -0.886. The topological polar surface area (TPSA) is 101 Å². The molecule has 0 radical (unpaired) electrons. The lowest BCUT2D eigenvalue weighted by molar-refractivity contribution is -0.0186. The molecule has 3 fully saturated rings. The molecule has 0 aliphatic heterocycles. The largest absolute Gasteiger partial charge is 0.396 e. The van der Waals surface area contributed by atoms with E-state index in [1.54, 1.807) is 19.4 Å². The number of fused-ring (bicyclic) bond motifs is 1. The van der Waals surface area contributed by atoms with Gasteiger partial charge in [0.05, 0.1) is 23.4 Å². The number of hydrogen-bond donors (Lipinski definition) is 5. The van der Waals surface area contributed by atoms with E-state index in [1.165, 1.54) is 25.7 Å². The lowest BCUT2D eigenvalue weighted by atomic mass is 9.59. The quantitative estimate of drug-likeness (QED) is 0.241. The fourth-order valence-electron chi connectivity index (χ4n) is 8.01. The maximum Gasteiger partial charge on any atom is 0.0641 e. The van der Waals surface area contributed by atoms with Gasteiger partial charge in [0.25, 0.3) is 0 Å². The Hall–Kier alpha value is -0.720. The van der Waals surface area contributed by atoms with Crippen molar-refractivity contribution in [3.8, 4) is 0 Å². The Balaban J connectivity index is 1.77. The summed E-state index contributed by atoms with van der Waals surface area (Å²) in [5.74, 6) is 1.58. The van der Waals surface area contributed by atoms with Crippen molar-refractivity contribution in [3.05, 3.63) is 23.3 Å². The molecule has 0 spiro atoms. The molecule has 3 saturated carbocycles. The average Bonchev–Trinajstić information content (AvgIpc) is 3.12. The lowest BCUT2D eigenvalue weighted by Gasteiger charge is -2.45. The zero-order chi connectivity index (χ0) is 27.4. The van der Waals surface area contributed by atoms with Crippen LogP contribution in [0.3, 0.4) is 0 Å². The van der Waals surface area contributed by atoms with E-state index in [-0.39, 0.29) is 17.9 Å². The second kappa shape index (κ2) is 12.6. The molecule has 2 unspecified atom stereocenters. The van der Waals surface area contributed by atoms with Gasteiger partial charge in [-0.25, -0.2) is 0 Å². The van der Waals surface area contributed by atoms with Crippen LogP contribution in [-0.2, 0) is 0 Å². The van der Waals surface area contributed by atoms with Crippen molar-refractivity contribution in [1.29, 1.82) is 0 Å². The summed E-state index contributed by atoms with van der Waals surface area (Å²) in [5.41, 5.74) is 1.41. The van der Waals surface area contributed by atoms with Gasteiger partial charge in [-0.15, -0.1) is 0 Å². The predicted octanol–water partition coefficient (Wildman–Crippen LogP) is 5.68. The molecule has 37 heavy (non-hydrogen) atoms. The molecule has 214 valence electrons. The summed E-state index contributed by atoms with van der Waals surface area (Å²) < 4.78 is 0. The van der Waals surface area contributed by atoms with Gasteiger partial charge in [0.2, 0.25) is 0 Å². The van der Waals surface area contributed by atoms with Crippen molar-refractivity contribution >= 4 is 0 Å². The first kappa shape index (κ1) is 30.8. The molecular formula is C32H56O5. The summed E-state index contributed by atoms with van der Waals surface area (Å²) in [7, 11) is 0. The van der Waals surface area contributed by atoms with Crippen LogP contribution in [0.5, 0.6) is 0 Å². The first-order valence-electron chi connectivity index (χ1n) is 15.0. The van der Waals surface area contributed by atoms with E-state index in [2.05, 4.69) is 19.1 Å². The molecule has 0 aromatic rings. The molecule has 5 N–H and O–H groups in total. The molecule has 3 aliphatic carbocycles. The standard InChI is InChI=1S/C32H56O5/c1-30(2,36)16-6-8-24(12-13-25(21-33)31(3,4)37)29-15-14-28-23(9-7-17-32(28,29)5)11-10-22-18-26(34)20-27(35)19-22/h10-11,24-29,33-37H,6-9,12-21H2,1-5H3/b22-10?,23-11+/t24?,25-,26+,27?,28-,29+,32-/m0/s1. The molecule has 0 saturated heterocycles. The van der Waals surface area contributed by atoms with Crippen molar-refractivity contribution < 1.29 is 25.5 Å². The van der Waals surface area contributed by atoms with Gasteiger partial charge in [-0.3, -0.25) is 0 Å². The fourth-order valence-corrected chi connectivity index (χ4v) is 8.01. The maximum absolute atomic E-state index is 10.6.